The molecule has 0 bridgehead atoms. The fourth-order valence-electron chi connectivity index (χ4n) is 4.75. The monoisotopic (exact) mass is 493 g/mol. The lowest BCUT2D eigenvalue weighted by Gasteiger charge is -2.47. The Morgan fingerprint density at radius 3 is 2.60 bits per heavy atom. The molecule has 0 radical (unpaired) electrons. The van der Waals surface area contributed by atoms with Gasteiger partial charge in [-0.1, -0.05) is 0 Å². The van der Waals surface area contributed by atoms with Crippen molar-refractivity contribution in [3.05, 3.63) is 64.7 Å². The zero-order valence-electron chi connectivity index (χ0n) is 19.7. The summed E-state index contributed by atoms with van der Waals surface area (Å²) < 4.78 is 29.6. The van der Waals surface area contributed by atoms with Crippen molar-refractivity contribution in [1.82, 2.24) is 20.2 Å². The fourth-order valence-corrected chi connectivity index (χ4v) is 6.90. The van der Waals surface area contributed by atoms with Crippen molar-refractivity contribution in [2.75, 3.05) is 35.2 Å². The zero-order valence-corrected chi connectivity index (χ0v) is 20.5. The van der Waals surface area contributed by atoms with Crippen LogP contribution in [0.3, 0.4) is 0 Å². The van der Waals surface area contributed by atoms with Crippen molar-refractivity contribution < 1.29 is 13.2 Å². The highest BCUT2D eigenvalue weighted by molar-refractivity contribution is 7.91. The number of nitrogen functional groups attached to an aromatic ring is 1. The molecule has 10 nitrogen and oxygen atoms in total. The molecule has 11 heteroatoms. The molecule has 0 amide bonds. The van der Waals surface area contributed by atoms with Crippen LogP contribution in [0.5, 0.6) is 5.75 Å². The molecule has 2 aliphatic rings. The number of rotatable bonds is 6. The van der Waals surface area contributed by atoms with Gasteiger partial charge in [-0.2, -0.15) is 10.2 Å². The molecule has 0 aliphatic carbocycles. The van der Waals surface area contributed by atoms with Crippen LogP contribution in [0.4, 0.5) is 11.6 Å². The Morgan fingerprint density at radius 1 is 1.20 bits per heavy atom. The van der Waals surface area contributed by atoms with Gasteiger partial charge < -0.3 is 15.4 Å². The molecule has 3 N–H and O–H groups in total. The fraction of sp³-hybridized carbons (Fsp3) is 0.375. The minimum atomic E-state index is -2.92. The van der Waals surface area contributed by atoms with E-state index in [1.165, 1.54) is 0 Å². The molecule has 2 aliphatic heterocycles. The summed E-state index contributed by atoms with van der Waals surface area (Å²) in [5, 5.41) is 16.7. The Bertz CT molecular complexity index is 1380. The lowest BCUT2D eigenvalue weighted by molar-refractivity contribution is 0.249. The lowest BCUT2D eigenvalue weighted by atomic mass is 9.80. The van der Waals surface area contributed by atoms with E-state index >= 15 is 0 Å². The van der Waals surface area contributed by atoms with Gasteiger partial charge in [0.2, 0.25) is 5.95 Å². The molecule has 182 valence electrons. The van der Waals surface area contributed by atoms with Crippen molar-refractivity contribution in [2.24, 2.45) is 5.41 Å². The first-order valence-electron chi connectivity index (χ1n) is 11.3. The van der Waals surface area contributed by atoms with Gasteiger partial charge in [0, 0.05) is 53.3 Å². The van der Waals surface area contributed by atoms with Gasteiger partial charge >= 0.3 is 0 Å². The average molecular weight is 494 g/mol. The number of nitrogens with one attached hydrogen (secondary N) is 1. The van der Waals surface area contributed by atoms with E-state index in [1.807, 2.05) is 18.7 Å². The average Bonchev–Trinajstić information content (AvgIpc) is 3.14. The topological polar surface area (TPSA) is 148 Å². The second-order valence-corrected chi connectivity index (χ2v) is 11.7. The largest absolute Gasteiger partial charge is 0.489 e. The lowest BCUT2D eigenvalue weighted by Crippen LogP contribution is -2.57. The summed E-state index contributed by atoms with van der Waals surface area (Å²) >= 11 is 0. The molecular formula is C24H27N7O3S. The molecule has 1 aromatic carbocycles. The van der Waals surface area contributed by atoms with Crippen molar-refractivity contribution in [3.8, 4) is 5.75 Å². The van der Waals surface area contributed by atoms with Crippen LogP contribution in [0.2, 0.25) is 0 Å². The third-order valence-electron chi connectivity index (χ3n) is 6.78. The smallest absolute Gasteiger partial charge is 0.225 e. The Balaban J connectivity index is 1.27. The maximum absolute atomic E-state index is 11.8. The van der Waals surface area contributed by atoms with Crippen LogP contribution in [0.1, 0.15) is 34.4 Å². The third-order valence-corrected chi connectivity index (χ3v) is 8.66. The number of aromatic nitrogens is 4. The van der Waals surface area contributed by atoms with Gasteiger partial charge in [0.25, 0.3) is 0 Å². The summed E-state index contributed by atoms with van der Waals surface area (Å²) in [5.74, 6) is 1.64. The summed E-state index contributed by atoms with van der Waals surface area (Å²) in [7, 11) is -2.92. The van der Waals surface area contributed by atoms with E-state index in [1.54, 1.807) is 36.8 Å². The molecule has 2 aromatic heterocycles. The molecular weight excluding hydrogens is 466 g/mol. The van der Waals surface area contributed by atoms with E-state index < -0.39 is 9.84 Å². The van der Waals surface area contributed by atoms with Crippen LogP contribution in [0, 0.1) is 24.7 Å². The van der Waals surface area contributed by atoms with E-state index in [4.69, 9.17) is 15.9 Å². The van der Waals surface area contributed by atoms with Gasteiger partial charge in [0.1, 0.15) is 12.4 Å². The van der Waals surface area contributed by atoms with E-state index in [-0.39, 0.29) is 22.6 Å². The molecule has 2 saturated heterocycles. The van der Waals surface area contributed by atoms with Crippen LogP contribution in [-0.4, -0.2) is 58.9 Å². The van der Waals surface area contributed by atoms with Gasteiger partial charge in [-0.25, -0.2) is 18.4 Å². The number of anilines is 2. The summed E-state index contributed by atoms with van der Waals surface area (Å²) in [6.07, 6.45) is 5.60. The quantitative estimate of drug-likeness (QED) is 0.389. The first-order valence-corrected chi connectivity index (χ1v) is 13.1. The molecule has 0 saturated carbocycles. The van der Waals surface area contributed by atoms with E-state index in [2.05, 4.69) is 20.2 Å². The number of hydrogen-bond acceptors (Lipinski definition) is 10. The summed E-state index contributed by atoms with van der Waals surface area (Å²) in [4.78, 5) is 10.8. The summed E-state index contributed by atoms with van der Waals surface area (Å²) in [6, 6.07) is 5.23. The number of hydrogen-bond donors (Lipinski definition) is 2. The Morgan fingerprint density at radius 2 is 1.94 bits per heavy atom. The molecule has 2 fully saturated rings. The predicted molar refractivity (Wildman–Crippen MR) is 133 cm³/mol. The minimum Gasteiger partial charge on any atom is -0.489 e. The maximum atomic E-state index is 11.8. The highest BCUT2D eigenvalue weighted by atomic mass is 32.2. The molecule has 5 rings (SSSR count). The zero-order chi connectivity index (χ0) is 24.8. The van der Waals surface area contributed by atoms with Crippen molar-refractivity contribution in [3.63, 3.8) is 0 Å². The highest BCUT2D eigenvalue weighted by Crippen LogP contribution is 2.41. The summed E-state index contributed by atoms with van der Waals surface area (Å²) in [5.41, 5.74) is 10.5. The molecule has 35 heavy (non-hydrogen) atoms. The number of aryl methyl sites for hydroxylation is 2. The van der Waals surface area contributed by atoms with Gasteiger partial charge in [0.15, 0.2) is 9.84 Å². The van der Waals surface area contributed by atoms with Crippen LogP contribution in [0.15, 0.2) is 36.8 Å². The number of nitrogens with two attached hydrogens (primary N) is 1. The highest BCUT2D eigenvalue weighted by Gasteiger charge is 2.51. The molecule has 0 unspecified atom stereocenters. The normalized spacial score (nSPS) is 17.8. The first-order chi connectivity index (χ1) is 16.6. The Kier molecular flexibility index (Phi) is 5.66. The van der Waals surface area contributed by atoms with Gasteiger partial charge in [-0.05, 0) is 44.0 Å². The molecule has 1 spiro atoms. The van der Waals surface area contributed by atoms with Crippen molar-refractivity contribution >= 4 is 27.2 Å². The van der Waals surface area contributed by atoms with Crippen molar-refractivity contribution in [1.29, 1.82) is 5.41 Å². The predicted octanol–water partition coefficient (Wildman–Crippen LogP) is 2.09. The number of sulfone groups is 1. The Labute approximate surface area is 204 Å². The summed E-state index contributed by atoms with van der Waals surface area (Å²) in [6.45, 7) is 5.47. The first kappa shape index (κ1) is 23.2. The van der Waals surface area contributed by atoms with Crippen LogP contribution < -0.4 is 15.4 Å². The number of benzene rings is 1. The maximum Gasteiger partial charge on any atom is 0.225 e. The molecule has 0 atom stereocenters. The SMILES string of the molecule is Cc1cnnc(C)c1COc1ccc(N)c(C(=N)c2cnc(N3CC4(CCS(=O)(=O)C4)C3)nc2)c1. The molecule has 3 aromatic rings. The molecule has 4 heterocycles. The van der Waals surface area contributed by atoms with E-state index in [0.717, 1.165) is 16.8 Å². The second kappa shape index (κ2) is 8.56. The second-order valence-electron chi connectivity index (χ2n) is 9.47. The minimum absolute atomic E-state index is 0.161. The van der Waals surface area contributed by atoms with Gasteiger partial charge in [-0.15, -0.1) is 0 Å². The van der Waals surface area contributed by atoms with Crippen molar-refractivity contribution in [2.45, 2.75) is 26.9 Å². The number of nitrogens with zero attached hydrogens (tertiary/aromatic N) is 5. The Hall–Kier alpha value is -3.60. The number of ether oxygens (including phenoxy) is 1. The van der Waals surface area contributed by atoms with E-state index in [0.29, 0.717) is 54.6 Å². The van der Waals surface area contributed by atoms with Crippen LogP contribution >= 0.6 is 0 Å². The van der Waals surface area contributed by atoms with E-state index in [9.17, 15) is 8.42 Å². The van der Waals surface area contributed by atoms with Gasteiger partial charge in [-0.3, -0.25) is 5.41 Å². The standard InChI is InChI=1S/C24H27N7O3S/c1-15-8-29-30-16(2)20(15)11-34-18-3-4-21(25)19(7-18)22(26)17-9-27-23(28-10-17)31-12-24(13-31)5-6-35(32,33)14-24/h3-4,7-10,26H,5-6,11-14,25H2,1-2H3. The van der Waals surface area contributed by atoms with Crippen LogP contribution in [0.25, 0.3) is 0 Å². The third kappa shape index (κ3) is 4.55. The van der Waals surface area contributed by atoms with Crippen LogP contribution in [-0.2, 0) is 16.4 Å². The van der Waals surface area contributed by atoms with Gasteiger partial charge in [0.05, 0.1) is 29.1 Å².